The summed E-state index contributed by atoms with van der Waals surface area (Å²) in [6, 6.07) is 1.80. The number of fused-ring (bicyclic) bond motifs is 1. The summed E-state index contributed by atoms with van der Waals surface area (Å²) in [4.78, 5) is 19.0. The standard InChI is InChI=1S/C16H20ClN3O3/c1-4-23-16(21)13-10(2)11-9-12(17)18-15(14(11)19(13)3)20-5-7-22-8-6-20/h9H,4-8H2,1-3H3. The van der Waals surface area contributed by atoms with Gasteiger partial charge in [-0.15, -0.1) is 0 Å². The molecule has 1 aliphatic rings. The molecule has 7 heteroatoms. The molecule has 1 saturated heterocycles. The van der Waals surface area contributed by atoms with Crippen LogP contribution in [0, 0.1) is 6.92 Å². The predicted molar refractivity (Wildman–Crippen MR) is 89.4 cm³/mol. The maximum atomic E-state index is 12.3. The van der Waals surface area contributed by atoms with Crippen LogP contribution in [-0.4, -0.2) is 48.4 Å². The van der Waals surface area contributed by atoms with E-state index in [1.807, 2.05) is 18.5 Å². The molecule has 0 radical (unpaired) electrons. The van der Waals surface area contributed by atoms with Crippen molar-refractivity contribution in [2.24, 2.45) is 7.05 Å². The molecule has 2 aromatic rings. The van der Waals surface area contributed by atoms with Crippen LogP contribution in [0.2, 0.25) is 5.15 Å². The molecule has 0 N–H and O–H groups in total. The van der Waals surface area contributed by atoms with Crippen molar-refractivity contribution in [2.45, 2.75) is 13.8 Å². The fourth-order valence-corrected chi connectivity index (χ4v) is 3.28. The number of ether oxygens (including phenoxy) is 2. The van der Waals surface area contributed by atoms with E-state index < -0.39 is 0 Å². The monoisotopic (exact) mass is 337 g/mol. The van der Waals surface area contributed by atoms with E-state index in [0.29, 0.717) is 30.7 Å². The van der Waals surface area contributed by atoms with Crippen LogP contribution in [0.5, 0.6) is 0 Å². The van der Waals surface area contributed by atoms with Crippen LogP contribution >= 0.6 is 11.6 Å². The molecule has 124 valence electrons. The molecule has 0 saturated carbocycles. The van der Waals surface area contributed by atoms with E-state index in [1.54, 1.807) is 13.0 Å². The van der Waals surface area contributed by atoms with E-state index in [1.165, 1.54) is 0 Å². The zero-order valence-corrected chi connectivity index (χ0v) is 14.3. The van der Waals surface area contributed by atoms with Crippen LogP contribution in [-0.2, 0) is 16.5 Å². The molecule has 0 spiro atoms. The Morgan fingerprint density at radius 3 is 2.78 bits per heavy atom. The Kier molecular flexibility index (Phi) is 4.46. The summed E-state index contributed by atoms with van der Waals surface area (Å²) in [5, 5.41) is 1.35. The maximum absolute atomic E-state index is 12.3. The van der Waals surface area contributed by atoms with E-state index in [-0.39, 0.29) is 5.97 Å². The van der Waals surface area contributed by atoms with E-state index in [4.69, 9.17) is 21.1 Å². The van der Waals surface area contributed by atoms with Gasteiger partial charge in [0.05, 0.1) is 25.3 Å². The van der Waals surface area contributed by atoms with E-state index in [9.17, 15) is 4.79 Å². The molecule has 3 heterocycles. The van der Waals surface area contributed by atoms with Crippen molar-refractivity contribution in [3.63, 3.8) is 0 Å². The summed E-state index contributed by atoms with van der Waals surface area (Å²) < 4.78 is 12.5. The number of aryl methyl sites for hydroxylation is 2. The Hall–Kier alpha value is -1.79. The lowest BCUT2D eigenvalue weighted by Crippen LogP contribution is -2.37. The average Bonchev–Trinajstić information content (AvgIpc) is 2.79. The highest BCUT2D eigenvalue weighted by atomic mass is 35.5. The number of morpholine rings is 1. The molecule has 0 unspecified atom stereocenters. The second-order valence-corrected chi connectivity index (χ2v) is 5.90. The average molecular weight is 338 g/mol. The Labute approximate surface area is 139 Å². The number of carbonyl (C=O) groups excluding carboxylic acids is 1. The molecule has 23 heavy (non-hydrogen) atoms. The van der Waals surface area contributed by atoms with Crippen LogP contribution in [0.4, 0.5) is 5.82 Å². The van der Waals surface area contributed by atoms with Gasteiger partial charge in [0.15, 0.2) is 5.82 Å². The predicted octanol–water partition coefficient (Wildman–Crippen LogP) is 2.55. The number of anilines is 1. The van der Waals surface area contributed by atoms with Crippen LogP contribution in [0.25, 0.3) is 10.9 Å². The van der Waals surface area contributed by atoms with Crippen molar-refractivity contribution in [3.8, 4) is 0 Å². The summed E-state index contributed by atoms with van der Waals surface area (Å²) >= 11 is 6.22. The zero-order chi connectivity index (χ0) is 16.6. The summed E-state index contributed by atoms with van der Waals surface area (Å²) in [6.07, 6.45) is 0. The Morgan fingerprint density at radius 1 is 1.43 bits per heavy atom. The van der Waals surface area contributed by atoms with Crippen molar-refractivity contribution in [2.75, 3.05) is 37.8 Å². The molecule has 0 aliphatic carbocycles. The number of hydrogen-bond acceptors (Lipinski definition) is 5. The number of carbonyl (C=O) groups is 1. The van der Waals surface area contributed by atoms with Crippen molar-refractivity contribution < 1.29 is 14.3 Å². The normalized spacial score (nSPS) is 15.2. The third-order valence-corrected chi connectivity index (χ3v) is 4.35. The first kappa shape index (κ1) is 16.1. The first-order valence-electron chi connectivity index (χ1n) is 7.70. The van der Waals surface area contributed by atoms with Gasteiger partial charge in [0.2, 0.25) is 0 Å². The Balaban J connectivity index is 2.21. The third-order valence-electron chi connectivity index (χ3n) is 4.15. The van der Waals surface area contributed by atoms with Crippen LogP contribution in [0.3, 0.4) is 0 Å². The van der Waals surface area contributed by atoms with Crippen molar-refractivity contribution in [1.82, 2.24) is 9.55 Å². The topological polar surface area (TPSA) is 56.6 Å². The van der Waals surface area contributed by atoms with Gasteiger partial charge in [0, 0.05) is 25.5 Å². The molecule has 0 bridgehead atoms. The molecule has 0 atom stereocenters. The largest absolute Gasteiger partial charge is 0.461 e. The van der Waals surface area contributed by atoms with Crippen LogP contribution in [0.1, 0.15) is 23.0 Å². The quantitative estimate of drug-likeness (QED) is 0.636. The molecule has 0 amide bonds. The highest BCUT2D eigenvalue weighted by molar-refractivity contribution is 6.30. The summed E-state index contributed by atoms with van der Waals surface area (Å²) in [5.74, 6) is 0.463. The van der Waals surface area contributed by atoms with Gasteiger partial charge in [-0.2, -0.15) is 0 Å². The summed E-state index contributed by atoms with van der Waals surface area (Å²) in [5.41, 5.74) is 2.30. The third kappa shape index (κ3) is 2.77. The summed E-state index contributed by atoms with van der Waals surface area (Å²) in [7, 11) is 1.86. The lowest BCUT2D eigenvalue weighted by molar-refractivity contribution is 0.0515. The molecule has 0 aromatic carbocycles. The number of aromatic nitrogens is 2. The number of nitrogens with zero attached hydrogens (tertiary/aromatic N) is 3. The van der Waals surface area contributed by atoms with E-state index in [2.05, 4.69) is 9.88 Å². The zero-order valence-electron chi connectivity index (χ0n) is 13.6. The molecular weight excluding hydrogens is 318 g/mol. The van der Waals surface area contributed by atoms with Gasteiger partial charge >= 0.3 is 5.97 Å². The van der Waals surface area contributed by atoms with Gasteiger partial charge in [-0.3, -0.25) is 0 Å². The molecule has 1 fully saturated rings. The maximum Gasteiger partial charge on any atom is 0.355 e. The van der Waals surface area contributed by atoms with Crippen molar-refractivity contribution in [3.05, 3.63) is 22.5 Å². The van der Waals surface area contributed by atoms with Gasteiger partial charge < -0.3 is 18.9 Å². The number of esters is 1. The minimum atomic E-state index is -0.326. The Bertz CT molecular complexity index is 751. The Morgan fingerprint density at radius 2 is 2.13 bits per heavy atom. The number of halogens is 1. The lowest BCUT2D eigenvalue weighted by Gasteiger charge is -2.28. The minimum Gasteiger partial charge on any atom is -0.461 e. The minimum absolute atomic E-state index is 0.326. The second kappa shape index (κ2) is 6.37. The van der Waals surface area contributed by atoms with Crippen LogP contribution < -0.4 is 4.90 Å². The van der Waals surface area contributed by atoms with E-state index >= 15 is 0 Å². The summed E-state index contributed by atoms with van der Waals surface area (Å²) in [6.45, 7) is 6.87. The number of pyridine rings is 1. The fourth-order valence-electron chi connectivity index (χ4n) is 3.09. The van der Waals surface area contributed by atoms with Gasteiger partial charge in [0.1, 0.15) is 10.8 Å². The van der Waals surface area contributed by atoms with E-state index in [0.717, 1.165) is 35.4 Å². The van der Waals surface area contributed by atoms with Gasteiger partial charge in [0.25, 0.3) is 0 Å². The van der Waals surface area contributed by atoms with Crippen molar-refractivity contribution in [1.29, 1.82) is 0 Å². The highest BCUT2D eigenvalue weighted by Gasteiger charge is 2.25. The first-order chi connectivity index (χ1) is 11.0. The van der Waals surface area contributed by atoms with Crippen molar-refractivity contribution >= 4 is 34.3 Å². The molecule has 6 nitrogen and oxygen atoms in total. The second-order valence-electron chi connectivity index (χ2n) is 5.52. The van der Waals surface area contributed by atoms with Crippen LogP contribution in [0.15, 0.2) is 6.07 Å². The molecule has 3 rings (SSSR count). The fraction of sp³-hybridized carbons (Fsp3) is 0.500. The van der Waals surface area contributed by atoms with Gasteiger partial charge in [-0.05, 0) is 25.5 Å². The smallest absolute Gasteiger partial charge is 0.355 e. The molecule has 1 aliphatic heterocycles. The molecular formula is C16H20ClN3O3. The highest BCUT2D eigenvalue weighted by Crippen LogP contribution is 2.34. The van der Waals surface area contributed by atoms with Gasteiger partial charge in [-0.25, -0.2) is 9.78 Å². The number of hydrogen-bond donors (Lipinski definition) is 0. The first-order valence-corrected chi connectivity index (χ1v) is 8.07. The molecule has 2 aromatic heterocycles. The van der Waals surface area contributed by atoms with Gasteiger partial charge in [-0.1, -0.05) is 11.6 Å². The lowest BCUT2D eigenvalue weighted by atomic mass is 10.2. The SMILES string of the molecule is CCOC(=O)c1c(C)c2cc(Cl)nc(N3CCOCC3)c2n1C. The number of rotatable bonds is 3.